The first kappa shape index (κ1) is 18.5. The summed E-state index contributed by atoms with van der Waals surface area (Å²) < 4.78 is 29.1. The van der Waals surface area contributed by atoms with Crippen LogP contribution in [0.2, 0.25) is 5.02 Å². The molecule has 0 spiro atoms. The Morgan fingerprint density at radius 3 is 2.79 bits per heavy atom. The zero-order chi connectivity index (χ0) is 19.7. The van der Waals surface area contributed by atoms with Crippen molar-refractivity contribution < 1.29 is 8.42 Å². The fourth-order valence-corrected chi connectivity index (χ4v) is 4.62. The molecule has 0 unspecified atom stereocenters. The van der Waals surface area contributed by atoms with Crippen molar-refractivity contribution in [1.82, 2.24) is 25.0 Å². The molecule has 4 aromatic rings. The van der Waals surface area contributed by atoms with Crippen LogP contribution < -0.4 is 4.72 Å². The fourth-order valence-electron chi connectivity index (χ4n) is 2.40. The average molecular weight is 433 g/mol. The number of nitrogens with one attached hydrogen (secondary N) is 1. The Morgan fingerprint density at radius 2 is 2.00 bits per heavy atom. The van der Waals surface area contributed by atoms with E-state index in [4.69, 9.17) is 11.6 Å². The smallest absolute Gasteiger partial charge is 0.253 e. The predicted molar refractivity (Wildman–Crippen MR) is 107 cm³/mol. The molecule has 0 saturated carbocycles. The van der Waals surface area contributed by atoms with Crippen molar-refractivity contribution in [2.45, 2.75) is 11.8 Å². The molecule has 3 aromatic heterocycles. The van der Waals surface area contributed by atoms with Crippen LogP contribution in [-0.4, -0.2) is 33.4 Å². The van der Waals surface area contributed by atoms with Gasteiger partial charge in [0, 0.05) is 11.8 Å². The lowest BCUT2D eigenvalue weighted by Gasteiger charge is -2.02. The molecule has 11 heteroatoms. The minimum absolute atomic E-state index is 0.00898. The molecule has 0 aliphatic rings. The standard InChI is InChI=1S/C17H13ClN6O2S2/c1-11-6-7-19-15(8-11)24-10-12(9-20-24)28(25,26)23-17-22-21-16(27-17)13-4-2-3-5-14(13)18/h2-10H,1H3,(H,22,23). The van der Waals surface area contributed by atoms with E-state index in [9.17, 15) is 8.42 Å². The van der Waals surface area contributed by atoms with Crippen molar-refractivity contribution >= 4 is 38.1 Å². The molecule has 0 bridgehead atoms. The summed E-state index contributed by atoms with van der Waals surface area (Å²) in [5.74, 6) is 0.526. The topological polar surface area (TPSA) is 103 Å². The number of hydrogen-bond donors (Lipinski definition) is 1. The van der Waals surface area contributed by atoms with Crippen LogP contribution in [-0.2, 0) is 10.0 Å². The molecule has 0 saturated heterocycles. The number of aromatic nitrogens is 5. The van der Waals surface area contributed by atoms with Crippen LogP contribution in [0.3, 0.4) is 0 Å². The lowest BCUT2D eigenvalue weighted by atomic mass is 10.2. The Morgan fingerprint density at radius 1 is 1.18 bits per heavy atom. The third-order valence-corrected chi connectivity index (χ3v) is 6.38. The zero-order valence-electron chi connectivity index (χ0n) is 14.4. The van der Waals surface area contributed by atoms with Crippen LogP contribution in [0, 0.1) is 6.92 Å². The van der Waals surface area contributed by atoms with Crippen molar-refractivity contribution in [3.05, 3.63) is 65.6 Å². The second-order valence-corrected chi connectivity index (χ2v) is 8.88. The largest absolute Gasteiger partial charge is 0.266 e. The third kappa shape index (κ3) is 3.75. The monoisotopic (exact) mass is 432 g/mol. The number of benzene rings is 1. The number of nitrogens with zero attached hydrogens (tertiary/aromatic N) is 5. The van der Waals surface area contributed by atoms with E-state index in [0.29, 0.717) is 21.4 Å². The molecule has 1 aromatic carbocycles. The molecule has 142 valence electrons. The van der Waals surface area contributed by atoms with Crippen LogP contribution in [0.5, 0.6) is 0 Å². The highest BCUT2D eigenvalue weighted by molar-refractivity contribution is 7.93. The fraction of sp³-hybridized carbons (Fsp3) is 0.0588. The molecule has 3 heterocycles. The number of aryl methyl sites for hydroxylation is 1. The van der Waals surface area contributed by atoms with E-state index in [0.717, 1.165) is 16.9 Å². The van der Waals surface area contributed by atoms with Gasteiger partial charge in [0.25, 0.3) is 10.0 Å². The molecular formula is C17H13ClN6O2S2. The van der Waals surface area contributed by atoms with Gasteiger partial charge in [-0.15, -0.1) is 10.2 Å². The molecule has 0 aliphatic heterocycles. The van der Waals surface area contributed by atoms with Gasteiger partial charge in [-0.3, -0.25) is 4.72 Å². The lowest BCUT2D eigenvalue weighted by molar-refractivity contribution is 0.601. The van der Waals surface area contributed by atoms with E-state index < -0.39 is 10.0 Å². The highest BCUT2D eigenvalue weighted by Gasteiger charge is 2.20. The molecule has 8 nitrogen and oxygen atoms in total. The van der Waals surface area contributed by atoms with Gasteiger partial charge in [0.05, 0.1) is 17.4 Å². The minimum atomic E-state index is -3.88. The normalized spacial score (nSPS) is 11.5. The van der Waals surface area contributed by atoms with Crippen LogP contribution in [0.1, 0.15) is 5.56 Å². The van der Waals surface area contributed by atoms with Gasteiger partial charge in [0.15, 0.2) is 10.8 Å². The number of sulfonamides is 1. The first-order valence-corrected chi connectivity index (χ1v) is 10.7. The maximum atomic E-state index is 12.7. The van der Waals surface area contributed by atoms with Gasteiger partial charge in [0.1, 0.15) is 4.90 Å². The summed E-state index contributed by atoms with van der Waals surface area (Å²) in [6.45, 7) is 1.92. The van der Waals surface area contributed by atoms with Crippen LogP contribution in [0.15, 0.2) is 59.9 Å². The van der Waals surface area contributed by atoms with Crippen molar-refractivity contribution in [2.75, 3.05) is 4.72 Å². The minimum Gasteiger partial charge on any atom is -0.253 e. The second kappa shape index (κ2) is 7.30. The van der Waals surface area contributed by atoms with Crippen molar-refractivity contribution in [2.24, 2.45) is 0 Å². The quantitative estimate of drug-likeness (QED) is 0.517. The van der Waals surface area contributed by atoms with Crippen molar-refractivity contribution in [3.63, 3.8) is 0 Å². The number of rotatable bonds is 5. The summed E-state index contributed by atoms with van der Waals surface area (Å²) in [6, 6.07) is 10.8. The Balaban J connectivity index is 1.58. The van der Waals surface area contributed by atoms with Crippen molar-refractivity contribution in [1.29, 1.82) is 0 Å². The number of anilines is 1. The van der Waals surface area contributed by atoms with E-state index in [-0.39, 0.29) is 10.0 Å². The molecular weight excluding hydrogens is 420 g/mol. The summed E-state index contributed by atoms with van der Waals surface area (Å²) in [7, 11) is -3.88. The molecule has 0 atom stereocenters. The van der Waals surface area contributed by atoms with Crippen molar-refractivity contribution in [3.8, 4) is 16.4 Å². The zero-order valence-corrected chi connectivity index (χ0v) is 16.8. The second-order valence-electron chi connectivity index (χ2n) is 5.81. The first-order valence-electron chi connectivity index (χ1n) is 8.01. The molecule has 1 N–H and O–H groups in total. The maximum absolute atomic E-state index is 12.7. The lowest BCUT2D eigenvalue weighted by Crippen LogP contribution is -2.12. The van der Waals surface area contributed by atoms with Gasteiger partial charge < -0.3 is 0 Å². The van der Waals surface area contributed by atoms with E-state index >= 15 is 0 Å². The highest BCUT2D eigenvalue weighted by Crippen LogP contribution is 2.32. The van der Waals surface area contributed by atoms with E-state index in [1.807, 2.05) is 19.1 Å². The van der Waals surface area contributed by atoms with Gasteiger partial charge in [-0.1, -0.05) is 41.1 Å². The molecule has 0 aliphatic carbocycles. The summed E-state index contributed by atoms with van der Waals surface area (Å²) >= 11 is 7.24. The van der Waals surface area contributed by atoms with E-state index in [1.54, 1.807) is 30.5 Å². The Hall–Kier alpha value is -2.82. The van der Waals surface area contributed by atoms with Gasteiger partial charge >= 0.3 is 0 Å². The van der Waals surface area contributed by atoms with Crippen LogP contribution in [0.4, 0.5) is 5.13 Å². The molecule has 0 radical (unpaired) electrons. The van der Waals surface area contributed by atoms with Gasteiger partial charge in [-0.25, -0.2) is 18.1 Å². The van der Waals surface area contributed by atoms with Crippen LogP contribution in [0.25, 0.3) is 16.4 Å². The Kier molecular flexibility index (Phi) is 4.84. The number of hydrogen-bond acceptors (Lipinski definition) is 7. The average Bonchev–Trinajstić information content (AvgIpc) is 3.32. The molecule has 0 amide bonds. The molecule has 28 heavy (non-hydrogen) atoms. The third-order valence-electron chi connectivity index (χ3n) is 3.76. The predicted octanol–water partition coefficient (Wildman–Crippen LogP) is 3.55. The van der Waals surface area contributed by atoms with E-state index in [1.165, 1.54) is 17.1 Å². The summed E-state index contributed by atoms with van der Waals surface area (Å²) in [5, 5.41) is 13.2. The van der Waals surface area contributed by atoms with Gasteiger partial charge in [-0.2, -0.15) is 5.10 Å². The van der Waals surface area contributed by atoms with Crippen LogP contribution >= 0.6 is 22.9 Å². The first-order chi connectivity index (χ1) is 13.4. The number of pyridine rings is 1. The summed E-state index contributed by atoms with van der Waals surface area (Å²) in [5.41, 5.74) is 1.68. The molecule has 4 rings (SSSR count). The van der Waals surface area contributed by atoms with E-state index in [2.05, 4.69) is 25.0 Å². The van der Waals surface area contributed by atoms with Gasteiger partial charge in [0.2, 0.25) is 5.13 Å². The Bertz CT molecular complexity index is 1250. The van der Waals surface area contributed by atoms with Gasteiger partial charge in [-0.05, 0) is 30.7 Å². The number of halogens is 1. The summed E-state index contributed by atoms with van der Waals surface area (Å²) in [6.07, 6.45) is 4.28. The highest BCUT2D eigenvalue weighted by atomic mass is 35.5. The molecule has 0 fully saturated rings. The SMILES string of the molecule is Cc1ccnc(-n2cc(S(=O)(=O)Nc3nnc(-c4ccccc4Cl)s3)cn2)c1. The summed E-state index contributed by atoms with van der Waals surface area (Å²) in [4.78, 5) is 4.18. The maximum Gasteiger partial charge on any atom is 0.266 e. The Labute approximate surface area is 169 Å².